The number of fused-ring (bicyclic) bond motifs is 3. The Hall–Kier alpha value is -3.45. The fourth-order valence-electron chi connectivity index (χ4n) is 6.53. The highest BCUT2D eigenvalue weighted by molar-refractivity contribution is 7.15. The molecule has 3 fully saturated rings. The average molecular weight is 576 g/mol. The molecule has 2 N–H and O–H groups in total. The average Bonchev–Trinajstić information content (AvgIpc) is 3.80. The number of hydrazine groups is 1. The number of carbonyl (C=O) groups is 3. The van der Waals surface area contributed by atoms with Gasteiger partial charge < -0.3 is 19.9 Å². The third-order valence-electron chi connectivity index (χ3n) is 8.54. The molecule has 41 heavy (non-hydrogen) atoms. The SMILES string of the molecule is O=C(Nc1cccc2c1C(=O)C1=C(c3ccc(C(=O)N4CCC[C@@H]4CN4CCCC4)s3)N=NC12)NN1CCOCC1. The molecule has 1 aromatic carbocycles. The number of hydrogen-bond donors (Lipinski definition) is 2. The van der Waals surface area contributed by atoms with Gasteiger partial charge in [-0.05, 0) is 62.5 Å². The second-order valence-electron chi connectivity index (χ2n) is 11.1. The number of nitrogens with one attached hydrogen (secondary N) is 2. The zero-order valence-corrected chi connectivity index (χ0v) is 23.6. The van der Waals surface area contributed by atoms with E-state index in [-0.39, 0.29) is 17.7 Å². The van der Waals surface area contributed by atoms with E-state index in [0.717, 1.165) is 49.5 Å². The van der Waals surface area contributed by atoms with Gasteiger partial charge in [0, 0.05) is 32.2 Å². The summed E-state index contributed by atoms with van der Waals surface area (Å²) in [5, 5.41) is 13.5. The molecule has 2 atom stereocenters. The molecule has 0 radical (unpaired) electrons. The van der Waals surface area contributed by atoms with Crippen molar-refractivity contribution in [2.24, 2.45) is 10.2 Å². The van der Waals surface area contributed by atoms with Gasteiger partial charge in [-0.3, -0.25) is 15.0 Å². The fraction of sp³-hybridized carbons (Fsp3) is 0.483. The summed E-state index contributed by atoms with van der Waals surface area (Å²) in [6, 6.07) is 8.44. The number of benzene rings is 1. The molecule has 214 valence electrons. The summed E-state index contributed by atoms with van der Waals surface area (Å²) in [4.78, 5) is 45.9. The summed E-state index contributed by atoms with van der Waals surface area (Å²) in [5.41, 5.74) is 5.43. The quantitative estimate of drug-likeness (QED) is 0.539. The van der Waals surface area contributed by atoms with Crippen LogP contribution in [0.2, 0.25) is 0 Å². The number of thiophene rings is 1. The molecule has 7 rings (SSSR count). The van der Waals surface area contributed by atoms with Crippen molar-refractivity contribution < 1.29 is 19.1 Å². The number of ether oxygens (including phenoxy) is 1. The van der Waals surface area contributed by atoms with Crippen LogP contribution in [0, 0.1) is 0 Å². The Morgan fingerprint density at radius 2 is 1.85 bits per heavy atom. The first-order valence-corrected chi connectivity index (χ1v) is 15.2. The Morgan fingerprint density at radius 1 is 1.02 bits per heavy atom. The van der Waals surface area contributed by atoms with Crippen LogP contribution >= 0.6 is 11.3 Å². The summed E-state index contributed by atoms with van der Waals surface area (Å²) >= 11 is 1.37. The molecule has 4 aliphatic heterocycles. The van der Waals surface area contributed by atoms with E-state index in [0.29, 0.717) is 53.7 Å². The predicted molar refractivity (Wildman–Crippen MR) is 154 cm³/mol. The van der Waals surface area contributed by atoms with E-state index in [9.17, 15) is 14.4 Å². The van der Waals surface area contributed by atoms with Crippen LogP contribution in [0.25, 0.3) is 5.70 Å². The minimum Gasteiger partial charge on any atom is -0.379 e. The van der Waals surface area contributed by atoms with Crippen molar-refractivity contribution in [2.75, 3.05) is 57.8 Å². The lowest BCUT2D eigenvalue weighted by molar-refractivity contribution is 0.0207. The van der Waals surface area contributed by atoms with Gasteiger partial charge in [-0.25, -0.2) is 9.80 Å². The lowest BCUT2D eigenvalue weighted by Crippen LogP contribution is -2.49. The first kappa shape index (κ1) is 26.4. The molecule has 1 unspecified atom stereocenters. The number of ketones is 1. The minimum atomic E-state index is -0.513. The second kappa shape index (κ2) is 11.1. The van der Waals surface area contributed by atoms with Crippen LogP contribution in [-0.4, -0.2) is 91.1 Å². The van der Waals surface area contributed by atoms with Crippen molar-refractivity contribution >= 4 is 40.4 Å². The molecule has 0 saturated carbocycles. The van der Waals surface area contributed by atoms with E-state index < -0.39 is 12.1 Å². The van der Waals surface area contributed by atoms with Gasteiger partial charge in [0.15, 0.2) is 5.78 Å². The normalized spacial score (nSPS) is 24.3. The fourth-order valence-corrected chi connectivity index (χ4v) is 7.49. The topological polar surface area (TPSA) is 119 Å². The van der Waals surface area contributed by atoms with Crippen LogP contribution in [0.4, 0.5) is 10.5 Å². The molecule has 1 aromatic heterocycles. The van der Waals surface area contributed by atoms with Crippen LogP contribution in [0.3, 0.4) is 0 Å². The highest BCUT2D eigenvalue weighted by atomic mass is 32.1. The Bertz CT molecular complexity index is 1440. The number of hydrogen-bond acceptors (Lipinski definition) is 9. The Balaban J connectivity index is 1.09. The molecule has 2 aromatic rings. The predicted octanol–water partition coefficient (Wildman–Crippen LogP) is 3.93. The van der Waals surface area contributed by atoms with Gasteiger partial charge in [0.05, 0.1) is 39.8 Å². The van der Waals surface area contributed by atoms with Gasteiger partial charge in [-0.2, -0.15) is 10.2 Å². The smallest absolute Gasteiger partial charge is 0.333 e. The van der Waals surface area contributed by atoms with Crippen molar-refractivity contribution in [3.63, 3.8) is 0 Å². The van der Waals surface area contributed by atoms with Crippen LogP contribution in [0.5, 0.6) is 0 Å². The van der Waals surface area contributed by atoms with Gasteiger partial charge in [-0.15, -0.1) is 11.3 Å². The van der Waals surface area contributed by atoms with Crippen LogP contribution in [0.15, 0.2) is 46.1 Å². The van der Waals surface area contributed by atoms with E-state index in [4.69, 9.17) is 4.74 Å². The van der Waals surface area contributed by atoms with E-state index >= 15 is 0 Å². The van der Waals surface area contributed by atoms with Gasteiger partial charge >= 0.3 is 6.03 Å². The number of nitrogens with zero attached hydrogens (tertiary/aromatic N) is 5. The maximum absolute atomic E-state index is 13.8. The monoisotopic (exact) mass is 575 g/mol. The Morgan fingerprint density at radius 3 is 2.68 bits per heavy atom. The van der Waals surface area contributed by atoms with Crippen LogP contribution in [-0.2, 0) is 4.74 Å². The molecular formula is C29H33N7O4S. The number of amides is 3. The zero-order chi connectivity index (χ0) is 27.9. The van der Waals surface area contributed by atoms with Crippen LogP contribution < -0.4 is 10.7 Å². The highest BCUT2D eigenvalue weighted by Gasteiger charge is 2.43. The standard InChI is InChI=1S/C29H33N7O4S/c37-27-23-19(6-3-7-20(23)30-29(39)33-35-13-15-40-16-14-35)25-24(27)26(32-31-25)21-8-9-22(41-21)28(38)36-12-4-5-18(36)17-34-10-1-2-11-34/h3,6-9,18,25H,1-2,4-5,10-17H2,(H2,30,33,39)/t18-,25?/m1/s1. The van der Waals surface area contributed by atoms with Gasteiger partial charge in [0.1, 0.15) is 11.7 Å². The number of anilines is 1. The molecule has 11 nitrogen and oxygen atoms in total. The van der Waals surface area contributed by atoms with E-state index in [2.05, 4.69) is 25.9 Å². The third kappa shape index (κ3) is 4.99. The number of rotatable bonds is 6. The number of Topliss-reactive ketones (excluding diaryl/α,β-unsaturated/α-hetero) is 1. The number of azo groups is 1. The number of carbonyl (C=O) groups excluding carboxylic acids is 3. The molecule has 1 aliphatic carbocycles. The lowest BCUT2D eigenvalue weighted by Gasteiger charge is -2.28. The lowest BCUT2D eigenvalue weighted by atomic mass is 10.1. The zero-order valence-electron chi connectivity index (χ0n) is 22.8. The molecule has 3 amide bonds. The maximum Gasteiger partial charge on any atom is 0.333 e. The maximum atomic E-state index is 13.8. The molecule has 3 saturated heterocycles. The van der Waals surface area contributed by atoms with Crippen molar-refractivity contribution in [1.82, 2.24) is 20.2 Å². The summed E-state index contributed by atoms with van der Waals surface area (Å²) < 4.78 is 5.33. The van der Waals surface area contributed by atoms with Crippen LogP contribution in [0.1, 0.15) is 62.2 Å². The summed E-state index contributed by atoms with van der Waals surface area (Å²) in [6.45, 7) is 6.27. The van der Waals surface area contributed by atoms with Crippen molar-refractivity contribution in [2.45, 2.75) is 37.8 Å². The Labute approximate surface area is 242 Å². The molecule has 12 heteroatoms. The highest BCUT2D eigenvalue weighted by Crippen LogP contribution is 2.49. The third-order valence-corrected chi connectivity index (χ3v) is 9.62. The summed E-state index contributed by atoms with van der Waals surface area (Å²) in [5.74, 6) is -0.141. The van der Waals surface area contributed by atoms with Gasteiger partial charge in [0.2, 0.25) is 0 Å². The first-order chi connectivity index (χ1) is 20.1. The number of urea groups is 1. The second-order valence-corrected chi connectivity index (χ2v) is 12.2. The van der Waals surface area contributed by atoms with E-state index in [1.54, 1.807) is 11.1 Å². The van der Waals surface area contributed by atoms with Crippen molar-refractivity contribution in [1.29, 1.82) is 0 Å². The van der Waals surface area contributed by atoms with Crippen molar-refractivity contribution in [3.8, 4) is 0 Å². The Kier molecular flexibility index (Phi) is 7.15. The first-order valence-electron chi connectivity index (χ1n) is 14.4. The van der Waals surface area contributed by atoms with E-state index in [1.165, 1.54) is 24.2 Å². The largest absolute Gasteiger partial charge is 0.379 e. The van der Waals surface area contributed by atoms with E-state index in [1.807, 2.05) is 29.2 Å². The van der Waals surface area contributed by atoms with Crippen molar-refractivity contribution in [3.05, 3.63) is 56.8 Å². The van der Waals surface area contributed by atoms with Gasteiger partial charge in [0.25, 0.3) is 5.91 Å². The molecular weight excluding hydrogens is 542 g/mol. The van der Waals surface area contributed by atoms with Gasteiger partial charge in [-0.1, -0.05) is 12.1 Å². The molecule has 5 heterocycles. The number of morpholine rings is 1. The summed E-state index contributed by atoms with van der Waals surface area (Å²) in [7, 11) is 0. The minimum absolute atomic E-state index is 0.0545. The molecule has 5 aliphatic rings. The molecule has 0 bridgehead atoms. The summed E-state index contributed by atoms with van der Waals surface area (Å²) in [6.07, 6.45) is 4.55. The molecule has 0 spiro atoms. The number of likely N-dealkylation sites (tertiary alicyclic amines) is 2.